The van der Waals surface area contributed by atoms with Gasteiger partial charge in [0.2, 0.25) is 6.10 Å². The van der Waals surface area contributed by atoms with Crippen LogP contribution < -0.4 is 15.0 Å². The summed E-state index contributed by atoms with van der Waals surface area (Å²) >= 11 is 0. The maximum Gasteiger partial charge on any atom is 0.271 e. The van der Waals surface area contributed by atoms with Crippen molar-refractivity contribution >= 4 is 10.9 Å². The van der Waals surface area contributed by atoms with E-state index in [2.05, 4.69) is 20.1 Å². The molecule has 0 radical (unpaired) electrons. The lowest BCUT2D eigenvalue weighted by Gasteiger charge is -2.23. The summed E-state index contributed by atoms with van der Waals surface area (Å²) in [5, 5.41) is 4.43. The molecule has 3 aromatic heterocycles. The summed E-state index contributed by atoms with van der Waals surface area (Å²) in [7, 11) is 0. The highest BCUT2D eigenvalue weighted by Crippen LogP contribution is 2.35. The van der Waals surface area contributed by atoms with Crippen molar-refractivity contribution in [3.63, 3.8) is 0 Å². The molecule has 134 valence electrons. The van der Waals surface area contributed by atoms with E-state index in [0.717, 1.165) is 0 Å². The van der Waals surface area contributed by atoms with E-state index < -0.39 is 6.10 Å². The van der Waals surface area contributed by atoms with E-state index in [1.54, 1.807) is 18.5 Å². The van der Waals surface area contributed by atoms with Gasteiger partial charge in [-0.25, -0.2) is 4.98 Å². The molecule has 27 heavy (non-hydrogen) atoms. The molecule has 9 nitrogen and oxygen atoms in total. The van der Waals surface area contributed by atoms with Gasteiger partial charge in [-0.05, 0) is 18.2 Å². The number of fused-ring (bicyclic) bond motifs is 2. The van der Waals surface area contributed by atoms with Gasteiger partial charge in [0.05, 0.1) is 30.0 Å². The van der Waals surface area contributed by atoms with Gasteiger partial charge in [0.25, 0.3) is 11.4 Å². The third kappa shape index (κ3) is 2.78. The van der Waals surface area contributed by atoms with E-state index >= 15 is 0 Å². The summed E-state index contributed by atoms with van der Waals surface area (Å²) in [4.78, 5) is 25.1. The summed E-state index contributed by atoms with van der Waals surface area (Å²) in [5.41, 5.74) is 0.346. The van der Waals surface area contributed by atoms with Crippen molar-refractivity contribution < 1.29 is 14.0 Å². The molecule has 0 amide bonds. The Morgan fingerprint density at radius 2 is 2.07 bits per heavy atom. The number of hydrogen-bond donors (Lipinski definition) is 0. The highest BCUT2D eigenvalue weighted by atomic mass is 16.6. The van der Waals surface area contributed by atoms with Gasteiger partial charge in [-0.2, -0.15) is 4.98 Å². The highest BCUT2D eigenvalue weighted by molar-refractivity contribution is 5.75. The molecule has 1 aliphatic rings. The van der Waals surface area contributed by atoms with Crippen LogP contribution in [0.2, 0.25) is 0 Å². The van der Waals surface area contributed by atoms with Crippen LogP contribution in [0.25, 0.3) is 10.9 Å². The summed E-state index contributed by atoms with van der Waals surface area (Å²) in [6.07, 6.45) is 4.05. The first-order valence-electron chi connectivity index (χ1n) is 8.28. The van der Waals surface area contributed by atoms with Crippen LogP contribution in [0.3, 0.4) is 0 Å². The van der Waals surface area contributed by atoms with Crippen molar-refractivity contribution in [3.8, 4) is 11.5 Å². The second kappa shape index (κ2) is 6.20. The largest absolute Gasteiger partial charge is 0.485 e. The van der Waals surface area contributed by atoms with E-state index in [0.29, 0.717) is 34.1 Å². The molecule has 0 bridgehead atoms. The van der Waals surface area contributed by atoms with Crippen molar-refractivity contribution in [1.82, 2.24) is 24.7 Å². The number of ether oxygens (including phenoxy) is 2. The number of aromatic nitrogens is 5. The second-order valence-electron chi connectivity index (χ2n) is 5.98. The monoisotopic (exact) mass is 363 g/mol. The molecule has 1 aliphatic heterocycles. The molecule has 0 saturated heterocycles. The number of nitrogens with zero attached hydrogens (tertiary/aromatic N) is 5. The van der Waals surface area contributed by atoms with Crippen molar-refractivity contribution in [1.29, 1.82) is 0 Å². The third-order valence-corrected chi connectivity index (χ3v) is 4.21. The molecule has 0 fully saturated rings. The zero-order chi connectivity index (χ0) is 18.2. The minimum absolute atomic E-state index is 0.137. The average Bonchev–Trinajstić information content (AvgIpc) is 3.18. The van der Waals surface area contributed by atoms with Gasteiger partial charge in [0, 0.05) is 6.20 Å². The van der Waals surface area contributed by atoms with Crippen molar-refractivity contribution in [2.24, 2.45) is 0 Å². The van der Waals surface area contributed by atoms with Gasteiger partial charge in [0.1, 0.15) is 6.61 Å². The maximum absolute atomic E-state index is 12.5. The molecule has 5 rings (SSSR count). The lowest BCUT2D eigenvalue weighted by Crippen LogP contribution is -2.23. The Morgan fingerprint density at radius 1 is 1.19 bits per heavy atom. The Morgan fingerprint density at radius 3 is 3.00 bits per heavy atom. The first-order valence-corrected chi connectivity index (χ1v) is 8.28. The number of hydrogen-bond acceptors (Lipinski definition) is 8. The fourth-order valence-corrected chi connectivity index (χ4v) is 2.88. The van der Waals surface area contributed by atoms with Gasteiger partial charge in [-0.3, -0.25) is 14.3 Å². The van der Waals surface area contributed by atoms with E-state index in [1.807, 2.05) is 24.3 Å². The second-order valence-corrected chi connectivity index (χ2v) is 5.98. The van der Waals surface area contributed by atoms with Crippen molar-refractivity contribution in [2.75, 3.05) is 6.61 Å². The van der Waals surface area contributed by atoms with E-state index in [9.17, 15) is 4.79 Å². The van der Waals surface area contributed by atoms with Crippen LogP contribution in [-0.2, 0) is 6.54 Å². The van der Waals surface area contributed by atoms with Gasteiger partial charge in [-0.15, -0.1) is 0 Å². The minimum atomic E-state index is -0.501. The molecule has 0 saturated carbocycles. The van der Waals surface area contributed by atoms with Crippen LogP contribution in [-0.4, -0.2) is 31.3 Å². The Hall–Kier alpha value is -3.75. The Bertz CT molecular complexity index is 1190. The van der Waals surface area contributed by atoms with E-state index in [1.165, 1.54) is 10.9 Å². The molecule has 1 atom stereocenters. The van der Waals surface area contributed by atoms with Crippen LogP contribution in [0, 0.1) is 0 Å². The predicted molar refractivity (Wildman–Crippen MR) is 92.5 cm³/mol. The first-order chi connectivity index (χ1) is 13.3. The van der Waals surface area contributed by atoms with Crippen LogP contribution >= 0.6 is 0 Å². The lowest BCUT2D eigenvalue weighted by molar-refractivity contribution is 0.0665. The predicted octanol–water partition coefficient (Wildman–Crippen LogP) is 1.74. The first kappa shape index (κ1) is 15.5. The summed E-state index contributed by atoms with van der Waals surface area (Å²) < 4.78 is 18.2. The molecular formula is C18H13N5O4. The smallest absolute Gasteiger partial charge is 0.271 e. The lowest BCUT2D eigenvalue weighted by atomic mass is 10.2. The summed E-state index contributed by atoms with van der Waals surface area (Å²) in [6, 6.07) is 9.01. The van der Waals surface area contributed by atoms with Crippen LogP contribution in [0.1, 0.15) is 17.8 Å². The molecule has 0 aliphatic carbocycles. The number of benzene rings is 1. The maximum atomic E-state index is 12.5. The third-order valence-electron chi connectivity index (χ3n) is 4.21. The zero-order valence-corrected chi connectivity index (χ0v) is 14.0. The SMILES string of the molecule is O=c1c2ccncc2ncn1Cc1noc([C@H]2COc3ccccc3O2)n1. The zero-order valence-electron chi connectivity index (χ0n) is 14.0. The van der Waals surface area contributed by atoms with Crippen molar-refractivity contribution in [3.05, 3.63) is 71.1 Å². The standard InChI is InChI=1S/C18H13N5O4/c24-18-11-5-6-19-7-12(11)20-10-23(18)8-16-21-17(27-22-16)15-9-25-13-3-1-2-4-14(13)26-15/h1-7,10,15H,8-9H2/t15-/m1/s1. The molecule has 4 heterocycles. The summed E-state index contributed by atoms with van der Waals surface area (Å²) in [5.74, 6) is 1.95. The van der Waals surface area contributed by atoms with E-state index in [-0.39, 0.29) is 18.7 Å². The van der Waals surface area contributed by atoms with Crippen molar-refractivity contribution in [2.45, 2.75) is 12.6 Å². The Labute approximate surface area is 152 Å². The fraction of sp³-hybridized carbons (Fsp3) is 0.167. The Kier molecular flexibility index (Phi) is 3.56. The van der Waals surface area contributed by atoms with E-state index in [4.69, 9.17) is 14.0 Å². The molecular weight excluding hydrogens is 350 g/mol. The van der Waals surface area contributed by atoms with Gasteiger partial charge < -0.3 is 14.0 Å². The van der Waals surface area contributed by atoms with Crippen LogP contribution in [0.5, 0.6) is 11.5 Å². The van der Waals surface area contributed by atoms with Gasteiger partial charge >= 0.3 is 0 Å². The topological polar surface area (TPSA) is 105 Å². The molecule has 0 spiro atoms. The van der Waals surface area contributed by atoms with Crippen LogP contribution in [0.4, 0.5) is 0 Å². The van der Waals surface area contributed by atoms with Gasteiger partial charge in [0.15, 0.2) is 17.3 Å². The molecule has 1 aromatic carbocycles. The number of rotatable bonds is 3. The highest BCUT2D eigenvalue weighted by Gasteiger charge is 2.27. The molecule has 0 unspecified atom stereocenters. The fourth-order valence-electron chi connectivity index (χ4n) is 2.88. The van der Waals surface area contributed by atoms with Gasteiger partial charge in [-0.1, -0.05) is 17.3 Å². The minimum Gasteiger partial charge on any atom is -0.485 e. The van der Waals surface area contributed by atoms with Crippen LogP contribution in [0.15, 0.2) is 58.4 Å². The normalized spacial score (nSPS) is 15.8. The quantitative estimate of drug-likeness (QED) is 0.542. The number of pyridine rings is 1. The molecule has 4 aromatic rings. The average molecular weight is 363 g/mol. The number of para-hydroxylation sites is 2. The Balaban J connectivity index is 1.39. The molecule has 9 heteroatoms. The molecule has 0 N–H and O–H groups in total. The summed E-state index contributed by atoms with van der Waals surface area (Å²) in [6.45, 7) is 0.404.